The number of nitrogens with zero attached hydrogens (tertiary/aromatic N) is 1. The summed E-state index contributed by atoms with van der Waals surface area (Å²) in [5.41, 5.74) is 0.574. The van der Waals surface area contributed by atoms with Crippen LogP contribution in [0.5, 0.6) is 0 Å². The van der Waals surface area contributed by atoms with Gasteiger partial charge >= 0.3 is 5.97 Å². The highest BCUT2D eigenvalue weighted by Crippen LogP contribution is 2.40. The van der Waals surface area contributed by atoms with Crippen LogP contribution < -0.4 is 0 Å². The number of rotatable bonds is 2. The molecule has 20 heavy (non-hydrogen) atoms. The number of hydrogen-bond acceptors (Lipinski definition) is 3. The van der Waals surface area contributed by atoms with Crippen molar-refractivity contribution in [2.24, 2.45) is 5.92 Å². The summed E-state index contributed by atoms with van der Waals surface area (Å²) in [6, 6.07) is 8.47. The van der Waals surface area contributed by atoms with Crippen LogP contribution in [0.25, 0.3) is 0 Å². The van der Waals surface area contributed by atoms with Crippen LogP contribution in [0.3, 0.4) is 0 Å². The smallest absolute Gasteiger partial charge is 0.311 e. The molecule has 2 aliphatic heterocycles. The number of fused-ring (bicyclic) bond motifs is 2. The lowest BCUT2D eigenvalue weighted by atomic mass is 9.87. The summed E-state index contributed by atoms with van der Waals surface area (Å²) in [7, 11) is 0. The largest absolute Gasteiger partial charge is 0.481 e. The Morgan fingerprint density at radius 1 is 1.15 bits per heavy atom. The number of carbonyl (C=O) groups excluding carboxylic acids is 1. The number of carbonyl (C=O) groups is 2. The molecule has 1 aromatic rings. The normalized spacial score (nSPS) is 32.1. The fourth-order valence-electron chi connectivity index (χ4n) is 3.55. The fourth-order valence-corrected chi connectivity index (χ4v) is 3.55. The van der Waals surface area contributed by atoms with E-state index in [4.69, 9.17) is 0 Å². The quantitative estimate of drug-likeness (QED) is 0.848. The standard InChI is InChI=1S/C15H17NO4/c17-12-8-10-6-7-11(13(12)15(19)20)16(10)14(18)9-4-2-1-3-5-9/h1-5,10-13,17H,6-8H2,(H,19,20)/t10?,11?,12-,13+/m0/s1. The van der Waals surface area contributed by atoms with Gasteiger partial charge in [-0.2, -0.15) is 0 Å². The van der Waals surface area contributed by atoms with E-state index in [0.29, 0.717) is 18.4 Å². The van der Waals surface area contributed by atoms with E-state index in [1.807, 2.05) is 6.07 Å². The second-order valence-corrected chi connectivity index (χ2v) is 5.54. The highest BCUT2D eigenvalue weighted by molar-refractivity contribution is 5.95. The minimum absolute atomic E-state index is 0.0432. The number of aliphatic carboxylic acids is 1. The van der Waals surface area contributed by atoms with Crippen LogP contribution >= 0.6 is 0 Å². The number of benzene rings is 1. The number of amides is 1. The lowest BCUT2D eigenvalue weighted by Crippen LogP contribution is -2.55. The number of carboxylic acids is 1. The molecule has 5 nitrogen and oxygen atoms in total. The Morgan fingerprint density at radius 2 is 1.85 bits per heavy atom. The summed E-state index contributed by atoms with van der Waals surface area (Å²) >= 11 is 0. The molecule has 106 valence electrons. The predicted molar refractivity (Wildman–Crippen MR) is 71.2 cm³/mol. The van der Waals surface area contributed by atoms with Gasteiger partial charge in [-0.25, -0.2) is 0 Å². The van der Waals surface area contributed by atoms with Crippen molar-refractivity contribution in [3.63, 3.8) is 0 Å². The Bertz CT molecular complexity index is 530. The van der Waals surface area contributed by atoms with E-state index in [-0.39, 0.29) is 11.9 Å². The molecule has 1 aromatic carbocycles. The second kappa shape index (κ2) is 4.90. The summed E-state index contributed by atoms with van der Waals surface area (Å²) < 4.78 is 0. The van der Waals surface area contributed by atoms with Crippen LogP contribution in [0.15, 0.2) is 30.3 Å². The Morgan fingerprint density at radius 3 is 2.50 bits per heavy atom. The lowest BCUT2D eigenvalue weighted by Gasteiger charge is -2.41. The summed E-state index contributed by atoms with van der Waals surface area (Å²) in [6.07, 6.45) is 0.915. The summed E-state index contributed by atoms with van der Waals surface area (Å²) in [4.78, 5) is 25.6. The van der Waals surface area contributed by atoms with E-state index < -0.39 is 24.0 Å². The van der Waals surface area contributed by atoms with Crippen LogP contribution in [-0.2, 0) is 4.79 Å². The molecule has 2 N–H and O–H groups in total. The van der Waals surface area contributed by atoms with Crippen molar-refractivity contribution in [2.45, 2.75) is 37.5 Å². The molecule has 0 aliphatic carbocycles. The van der Waals surface area contributed by atoms with Crippen LogP contribution in [0.2, 0.25) is 0 Å². The number of hydrogen-bond donors (Lipinski definition) is 2. The van der Waals surface area contributed by atoms with Gasteiger partial charge in [0, 0.05) is 17.6 Å². The van der Waals surface area contributed by atoms with Gasteiger partial charge in [0.15, 0.2) is 0 Å². The van der Waals surface area contributed by atoms with Crippen molar-refractivity contribution >= 4 is 11.9 Å². The molecular weight excluding hydrogens is 258 g/mol. The third-order valence-electron chi connectivity index (χ3n) is 4.43. The monoisotopic (exact) mass is 275 g/mol. The van der Waals surface area contributed by atoms with Crippen LogP contribution in [0.4, 0.5) is 0 Å². The average Bonchev–Trinajstić information content (AvgIpc) is 2.74. The highest BCUT2D eigenvalue weighted by atomic mass is 16.4. The molecular formula is C15H17NO4. The number of aliphatic hydroxyl groups is 1. The van der Waals surface area contributed by atoms with E-state index in [1.165, 1.54) is 0 Å². The number of aliphatic hydroxyl groups excluding tert-OH is 1. The molecule has 0 radical (unpaired) electrons. The van der Waals surface area contributed by atoms with Gasteiger partial charge in [-0.3, -0.25) is 9.59 Å². The summed E-state index contributed by atoms with van der Waals surface area (Å²) in [5, 5.41) is 19.3. The van der Waals surface area contributed by atoms with Gasteiger partial charge in [0.1, 0.15) is 5.92 Å². The maximum absolute atomic E-state index is 12.6. The van der Waals surface area contributed by atoms with Crippen LogP contribution in [0, 0.1) is 5.92 Å². The van der Waals surface area contributed by atoms with Gasteiger partial charge in [0.25, 0.3) is 5.91 Å². The molecule has 4 atom stereocenters. The van der Waals surface area contributed by atoms with E-state index >= 15 is 0 Å². The van der Waals surface area contributed by atoms with Gasteiger partial charge in [0.2, 0.25) is 0 Å². The first-order chi connectivity index (χ1) is 9.59. The Kier molecular flexibility index (Phi) is 3.22. The first-order valence-corrected chi connectivity index (χ1v) is 6.88. The summed E-state index contributed by atoms with van der Waals surface area (Å²) in [6.45, 7) is 0. The van der Waals surface area contributed by atoms with Crippen LogP contribution in [-0.4, -0.2) is 45.2 Å². The van der Waals surface area contributed by atoms with Crippen molar-refractivity contribution in [1.82, 2.24) is 4.90 Å². The first-order valence-electron chi connectivity index (χ1n) is 6.88. The van der Waals surface area contributed by atoms with Crippen molar-refractivity contribution in [2.75, 3.05) is 0 Å². The molecule has 3 rings (SSSR count). The molecule has 2 bridgehead atoms. The molecule has 2 heterocycles. The molecule has 2 saturated heterocycles. The first kappa shape index (κ1) is 13.1. The zero-order valence-corrected chi connectivity index (χ0v) is 11.0. The van der Waals surface area contributed by atoms with E-state index in [0.717, 1.165) is 6.42 Å². The SMILES string of the molecule is O=C(O)[C@@H]1C2CCC(C[C@@H]1O)N2C(=O)c1ccccc1. The van der Waals surface area contributed by atoms with Gasteiger partial charge in [-0.1, -0.05) is 18.2 Å². The maximum atomic E-state index is 12.6. The van der Waals surface area contributed by atoms with E-state index in [9.17, 15) is 19.8 Å². The van der Waals surface area contributed by atoms with Gasteiger partial charge < -0.3 is 15.1 Å². The number of carboxylic acid groups (broad SMARTS) is 1. The Balaban J connectivity index is 1.91. The van der Waals surface area contributed by atoms with Crippen molar-refractivity contribution in [1.29, 1.82) is 0 Å². The van der Waals surface area contributed by atoms with Gasteiger partial charge in [-0.05, 0) is 31.4 Å². The molecule has 2 unspecified atom stereocenters. The molecule has 1 amide bonds. The maximum Gasteiger partial charge on any atom is 0.311 e. The highest BCUT2D eigenvalue weighted by Gasteiger charge is 2.51. The van der Waals surface area contributed by atoms with Crippen molar-refractivity contribution in [3.05, 3.63) is 35.9 Å². The van der Waals surface area contributed by atoms with Crippen molar-refractivity contribution < 1.29 is 19.8 Å². The topological polar surface area (TPSA) is 77.8 Å². The van der Waals surface area contributed by atoms with E-state index in [1.54, 1.807) is 29.2 Å². The van der Waals surface area contributed by atoms with Crippen molar-refractivity contribution in [3.8, 4) is 0 Å². The minimum Gasteiger partial charge on any atom is -0.481 e. The summed E-state index contributed by atoms with van der Waals surface area (Å²) in [5.74, 6) is -2.02. The van der Waals surface area contributed by atoms with E-state index in [2.05, 4.69) is 0 Å². The molecule has 0 spiro atoms. The van der Waals surface area contributed by atoms with Gasteiger partial charge in [-0.15, -0.1) is 0 Å². The third-order valence-corrected chi connectivity index (χ3v) is 4.43. The molecule has 0 aromatic heterocycles. The van der Waals surface area contributed by atoms with Crippen LogP contribution in [0.1, 0.15) is 29.6 Å². The zero-order valence-electron chi connectivity index (χ0n) is 11.0. The molecule has 5 heteroatoms. The number of piperidine rings is 1. The Labute approximate surface area is 116 Å². The van der Waals surface area contributed by atoms with Gasteiger partial charge in [0.05, 0.1) is 6.10 Å². The fraction of sp³-hybridized carbons (Fsp3) is 0.467. The lowest BCUT2D eigenvalue weighted by molar-refractivity contribution is -0.151. The molecule has 2 fully saturated rings. The molecule has 0 saturated carbocycles. The second-order valence-electron chi connectivity index (χ2n) is 5.54. The Hall–Kier alpha value is -1.88. The molecule has 2 aliphatic rings. The predicted octanol–water partition coefficient (Wildman–Crippen LogP) is 1.13. The minimum atomic E-state index is -1.02. The zero-order chi connectivity index (χ0) is 14.3. The third kappa shape index (κ3) is 1.98. The average molecular weight is 275 g/mol.